The van der Waals surface area contributed by atoms with Gasteiger partial charge in [0.1, 0.15) is 0 Å². The standard InChI is InChI=1S/C20H29N3O3S2/c1-5-23(6-2)28(25,26)18-9-7-17(8-10-18)13-21-20(24)15-22(4)14-19-16(3)11-12-27-19/h7-12H,5-6,13-15H2,1-4H3,(H,21,24). The van der Waals surface area contributed by atoms with Gasteiger partial charge in [0, 0.05) is 31.1 Å². The van der Waals surface area contributed by atoms with Gasteiger partial charge in [0.15, 0.2) is 0 Å². The van der Waals surface area contributed by atoms with Gasteiger partial charge in [-0.1, -0.05) is 26.0 Å². The molecule has 0 bridgehead atoms. The summed E-state index contributed by atoms with van der Waals surface area (Å²) in [5.74, 6) is -0.0588. The number of carbonyl (C=O) groups excluding carboxylic acids is 1. The zero-order chi connectivity index (χ0) is 20.7. The van der Waals surface area contributed by atoms with E-state index in [2.05, 4.69) is 23.7 Å². The summed E-state index contributed by atoms with van der Waals surface area (Å²) in [5.41, 5.74) is 2.11. The molecule has 1 heterocycles. The fourth-order valence-corrected chi connectivity index (χ4v) is 5.30. The highest BCUT2D eigenvalue weighted by Gasteiger charge is 2.21. The highest BCUT2D eigenvalue weighted by molar-refractivity contribution is 7.89. The van der Waals surface area contributed by atoms with Gasteiger partial charge in [0.05, 0.1) is 11.4 Å². The van der Waals surface area contributed by atoms with Gasteiger partial charge in [-0.15, -0.1) is 11.3 Å². The number of rotatable bonds is 10. The van der Waals surface area contributed by atoms with Crippen molar-refractivity contribution in [3.8, 4) is 0 Å². The van der Waals surface area contributed by atoms with E-state index in [1.165, 1.54) is 14.7 Å². The van der Waals surface area contributed by atoms with Gasteiger partial charge < -0.3 is 5.32 Å². The fourth-order valence-electron chi connectivity index (χ4n) is 2.86. The number of hydrogen-bond acceptors (Lipinski definition) is 5. The molecule has 6 nitrogen and oxygen atoms in total. The van der Waals surface area contributed by atoms with Crippen LogP contribution in [0.25, 0.3) is 0 Å². The second-order valence-electron chi connectivity index (χ2n) is 6.71. The number of amides is 1. The van der Waals surface area contributed by atoms with E-state index in [0.29, 0.717) is 26.2 Å². The number of sulfonamides is 1. The van der Waals surface area contributed by atoms with Crippen LogP contribution in [0.15, 0.2) is 40.6 Å². The molecule has 0 aliphatic heterocycles. The molecule has 154 valence electrons. The second kappa shape index (κ2) is 10.2. The average molecular weight is 424 g/mol. The maximum atomic E-state index is 12.5. The van der Waals surface area contributed by atoms with E-state index in [0.717, 1.165) is 12.1 Å². The van der Waals surface area contributed by atoms with Crippen molar-refractivity contribution in [3.05, 3.63) is 51.7 Å². The fraction of sp³-hybridized carbons (Fsp3) is 0.450. The van der Waals surface area contributed by atoms with Crippen LogP contribution in [0.5, 0.6) is 0 Å². The summed E-state index contributed by atoms with van der Waals surface area (Å²) in [5, 5.41) is 4.95. The van der Waals surface area contributed by atoms with Crippen LogP contribution >= 0.6 is 11.3 Å². The number of hydrogen-bond donors (Lipinski definition) is 1. The molecule has 0 radical (unpaired) electrons. The lowest BCUT2D eigenvalue weighted by molar-refractivity contribution is -0.122. The Labute approximate surface area is 172 Å². The van der Waals surface area contributed by atoms with Gasteiger partial charge in [-0.3, -0.25) is 9.69 Å². The van der Waals surface area contributed by atoms with Crippen molar-refractivity contribution in [1.82, 2.24) is 14.5 Å². The summed E-state index contributed by atoms with van der Waals surface area (Å²) < 4.78 is 26.4. The topological polar surface area (TPSA) is 69.7 Å². The summed E-state index contributed by atoms with van der Waals surface area (Å²) >= 11 is 1.70. The molecular weight excluding hydrogens is 394 g/mol. The zero-order valence-electron chi connectivity index (χ0n) is 16.9. The molecule has 1 aromatic heterocycles. The largest absolute Gasteiger partial charge is 0.351 e. The Balaban J connectivity index is 1.87. The molecule has 1 aromatic carbocycles. The van der Waals surface area contributed by atoms with Crippen LogP contribution in [-0.2, 0) is 27.9 Å². The summed E-state index contributed by atoms with van der Waals surface area (Å²) in [6, 6.07) is 8.77. The summed E-state index contributed by atoms with van der Waals surface area (Å²) in [6.45, 7) is 8.02. The quantitative estimate of drug-likeness (QED) is 0.638. The molecule has 2 aromatic rings. The molecule has 0 atom stereocenters. The molecule has 0 saturated heterocycles. The van der Waals surface area contributed by atoms with Gasteiger partial charge >= 0.3 is 0 Å². The Bertz CT molecular complexity index is 872. The first-order valence-corrected chi connectivity index (χ1v) is 11.7. The number of aryl methyl sites for hydroxylation is 1. The van der Waals surface area contributed by atoms with Gasteiger partial charge in [-0.2, -0.15) is 4.31 Å². The molecule has 0 aliphatic rings. The normalized spacial score (nSPS) is 11.9. The molecule has 28 heavy (non-hydrogen) atoms. The Morgan fingerprint density at radius 1 is 1.11 bits per heavy atom. The van der Waals surface area contributed by atoms with Crippen LogP contribution in [-0.4, -0.2) is 50.2 Å². The average Bonchev–Trinajstić information content (AvgIpc) is 3.05. The smallest absolute Gasteiger partial charge is 0.243 e. The lowest BCUT2D eigenvalue weighted by atomic mass is 10.2. The number of thiophene rings is 1. The van der Waals surface area contributed by atoms with Gasteiger partial charge in [0.25, 0.3) is 0 Å². The van der Waals surface area contributed by atoms with Crippen LogP contribution in [0.1, 0.15) is 29.9 Å². The SMILES string of the molecule is CCN(CC)S(=O)(=O)c1ccc(CNC(=O)CN(C)Cc2sccc2C)cc1. The van der Waals surface area contributed by atoms with Crippen molar-refractivity contribution in [2.75, 3.05) is 26.7 Å². The number of nitrogens with zero attached hydrogens (tertiary/aromatic N) is 2. The second-order valence-corrected chi connectivity index (χ2v) is 9.65. The molecule has 0 aliphatic carbocycles. The van der Waals surface area contributed by atoms with E-state index in [1.54, 1.807) is 35.6 Å². The van der Waals surface area contributed by atoms with E-state index in [1.807, 2.05) is 25.8 Å². The molecule has 1 N–H and O–H groups in total. The molecule has 0 spiro atoms. The van der Waals surface area contributed by atoms with Crippen LogP contribution in [0.2, 0.25) is 0 Å². The van der Waals surface area contributed by atoms with Crippen LogP contribution in [0, 0.1) is 6.92 Å². The third-order valence-electron chi connectivity index (χ3n) is 4.55. The highest BCUT2D eigenvalue weighted by atomic mass is 32.2. The third kappa shape index (κ3) is 5.88. The zero-order valence-corrected chi connectivity index (χ0v) is 18.6. The molecule has 0 saturated carbocycles. The summed E-state index contributed by atoms with van der Waals surface area (Å²) in [7, 11) is -1.53. The Morgan fingerprint density at radius 3 is 2.29 bits per heavy atom. The predicted molar refractivity (Wildman–Crippen MR) is 114 cm³/mol. The number of nitrogens with one attached hydrogen (secondary N) is 1. The van der Waals surface area contributed by atoms with Crippen LogP contribution in [0.4, 0.5) is 0 Å². The van der Waals surface area contributed by atoms with E-state index in [-0.39, 0.29) is 10.8 Å². The molecular formula is C20H29N3O3S2. The molecule has 2 rings (SSSR count). The number of benzene rings is 1. The van der Waals surface area contributed by atoms with Gasteiger partial charge in [-0.25, -0.2) is 8.42 Å². The third-order valence-corrected chi connectivity index (χ3v) is 7.62. The predicted octanol–water partition coefficient (Wildman–Crippen LogP) is 2.84. The van der Waals surface area contributed by atoms with E-state index >= 15 is 0 Å². The lowest BCUT2D eigenvalue weighted by Crippen LogP contribution is -2.34. The van der Waals surface area contributed by atoms with Crippen molar-refractivity contribution < 1.29 is 13.2 Å². The maximum Gasteiger partial charge on any atom is 0.243 e. The molecule has 0 unspecified atom stereocenters. The van der Waals surface area contributed by atoms with Gasteiger partial charge in [0.2, 0.25) is 15.9 Å². The Hall–Kier alpha value is -1.74. The first kappa shape index (κ1) is 22.5. The van der Waals surface area contributed by atoms with E-state index in [9.17, 15) is 13.2 Å². The number of likely N-dealkylation sites (N-methyl/N-ethyl adjacent to an activating group) is 1. The summed E-state index contributed by atoms with van der Waals surface area (Å²) in [4.78, 5) is 15.7. The van der Waals surface area contributed by atoms with Crippen molar-refractivity contribution in [1.29, 1.82) is 0 Å². The van der Waals surface area contributed by atoms with Gasteiger partial charge in [-0.05, 0) is 48.7 Å². The Morgan fingerprint density at radius 2 is 1.75 bits per heavy atom. The van der Waals surface area contributed by atoms with Crippen molar-refractivity contribution in [3.63, 3.8) is 0 Å². The minimum atomic E-state index is -3.45. The first-order valence-electron chi connectivity index (χ1n) is 9.35. The number of carbonyl (C=O) groups is 1. The van der Waals surface area contributed by atoms with Crippen molar-refractivity contribution >= 4 is 27.3 Å². The molecule has 1 amide bonds. The van der Waals surface area contributed by atoms with Crippen LogP contribution in [0.3, 0.4) is 0 Å². The van der Waals surface area contributed by atoms with Crippen LogP contribution < -0.4 is 5.32 Å². The Kier molecular flexibility index (Phi) is 8.18. The monoisotopic (exact) mass is 423 g/mol. The van der Waals surface area contributed by atoms with E-state index in [4.69, 9.17) is 0 Å². The van der Waals surface area contributed by atoms with Crippen molar-refractivity contribution in [2.24, 2.45) is 0 Å². The minimum Gasteiger partial charge on any atom is -0.351 e. The first-order chi connectivity index (χ1) is 13.3. The summed E-state index contributed by atoms with van der Waals surface area (Å²) in [6.07, 6.45) is 0. The maximum absolute atomic E-state index is 12.5. The molecule has 8 heteroatoms. The molecule has 0 fully saturated rings. The minimum absolute atomic E-state index is 0.0588. The van der Waals surface area contributed by atoms with E-state index < -0.39 is 10.0 Å². The van der Waals surface area contributed by atoms with Crippen molar-refractivity contribution in [2.45, 2.75) is 38.8 Å². The lowest BCUT2D eigenvalue weighted by Gasteiger charge is -2.18. The highest BCUT2D eigenvalue weighted by Crippen LogP contribution is 2.17.